The fraction of sp³-hybridized carbons (Fsp3) is 0.455. The minimum Gasteiger partial charge on any atom is -0.457 e. The molecule has 2 aromatic carbocycles. The average molecular weight is 326 g/mol. The van der Waals surface area contributed by atoms with Crippen molar-refractivity contribution in [3.05, 3.63) is 60.2 Å². The number of para-hydroxylation sites is 1. The van der Waals surface area contributed by atoms with Crippen LogP contribution in [0.15, 0.2) is 54.6 Å². The maximum Gasteiger partial charge on any atom is 0.127 e. The number of rotatable bonds is 8. The summed E-state index contributed by atoms with van der Waals surface area (Å²) in [6, 6.07) is 18.0. The summed E-state index contributed by atoms with van der Waals surface area (Å²) in [4.78, 5) is 0. The topological polar surface area (TPSA) is 18.5 Å². The van der Waals surface area contributed by atoms with Gasteiger partial charge in [0.1, 0.15) is 11.5 Å². The predicted octanol–water partition coefficient (Wildman–Crippen LogP) is 6.56. The first kappa shape index (κ1) is 18.5. The van der Waals surface area contributed by atoms with Crippen molar-refractivity contribution < 1.29 is 9.47 Å². The molecule has 2 rings (SSSR count). The highest BCUT2D eigenvalue weighted by Gasteiger charge is 2.27. The summed E-state index contributed by atoms with van der Waals surface area (Å²) in [6.45, 7) is 11.8. The van der Waals surface area contributed by atoms with E-state index in [2.05, 4.69) is 46.8 Å². The Morgan fingerprint density at radius 2 is 1.42 bits per heavy atom. The van der Waals surface area contributed by atoms with Gasteiger partial charge in [-0.3, -0.25) is 0 Å². The third-order valence-corrected chi connectivity index (χ3v) is 5.00. The molecule has 0 unspecified atom stereocenters. The zero-order valence-corrected chi connectivity index (χ0v) is 15.6. The molecular formula is C22H30O2. The van der Waals surface area contributed by atoms with E-state index in [9.17, 15) is 0 Å². The van der Waals surface area contributed by atoms with Crippen LogP contribution >= 0.6 is 0 Å². The molecule has 2 aromatic rings. The molecule has 0 aliphatic carbocycles. The molecule has 0 aliphatic heterocycles. The van der Waals surface area contributed by atoms with Gasteiger partial charge in [-0.1, -0.05) is 51.1 Å². The third-order valence-electron chi connectivity index (χ3n) is 5.00. The monoisotopic (exact) mass is 326 g/mol. The first-order chi connectivity index (χ1) is 11.4. The van der Waals surface area contributed by atoms with Crippen molar-refractivity contribution in [2.24, 2.45) is 5.41 Å². The van der Waals surface area contributed by atoms with Crippen molar-refractivity contribution in [1.82, 2.24) is 0 Å². The minimum absolute atomic E-state index is 0.232. The van der Waals surface area contributed by atoms with Gasteiger partial charge in [0.25, 0.3) is 0 Å². The summed E-state index contributed by atoms with van der Waals surface area (Å²) in [5, 5.41) is 0. The van der Waals surface area contributed by atoms with Gasteiger partial charge in [-0.15, -0.1) is 0 Å². The van der Waals surface area contributed by atoms with E-state index in [-0.39, 0.29) is 11.0 Å². The Kier molecular flexibility index (Phi) is 6.06. The average Bonchev–Trinajstić information content (AvgIpc) is 2.61. The summed E-state index contributed by atoms with van der Waals surface area (Å²) in [5.41, 5.74) is 1.02. The molecule has 2 heteroatoms. The van der Waals surface area contributed by atoms with Gasteiger partial charge in [0, 0.05) is 0 Å². The van der Waals surface area contributed by atoms with Gasteiger partial charge in [0.05, 0.1) is 12.2 Å². The molecule has 130 valence electrons. The summed E-state index contributed by atoms with van der Waals surface area (Å²) in [6.07, 6.45) is 2.24. The van der Waals surface area contributed by atoms with Gasteiger partial charge >= 0.3 is 0 Å². The van der Waals surface area contributed by atoms with Crippen LogP contribution in [0.2, 0.25) is 0 Å². The summed E-state index contributed by atoms with van der Waals surface area (Å²) >= 11 is 0. The Morgan fingerprint density at radius 1 is 0.792 bits per heavy atom. The van der Waals surface area contributed by atoms with Crippen LogP contribution in [0.1, 0.15) is 53.0 Å². The smallest absolute Gasteiger partial charge is 0.127 e. The lowest BCUT2D eigenvalue weighted by atomic mass is 9.85. The van der Waals surface area contributed by atoms with Crippen molar-refractivity contribution in [3.8, 4) is 11.5 Å². The number of benzene rings is 2. The maximum atomic E-state index is 6.31. The standard InChI is InChI=1S/C22H30O2/c1-6-22(5,7-2)17-23-21(3,4)18-12-11-15-20(16-18)24-19-13-9-8-10-14-19/h8-16H,6-7,17H2,1-5H3. The lowest BCUT2D eigenvalue weighted by Crippen LogP contribution is -2.30. The van der Waals surface area contributed by atoms with E-state index in [0.717, 1.165) is 36.5 Å². The SMILES string of the molecule is CCC(C)(CC)COC(C)(C)c1cccc(Oc2ccccc2)c1. The third kappa shape index (κ3) is 4.85. The summed E-state index contributed by atoms with van der Waals surface area (Å²) in [5.74, 6) is 1.68. The van der Waals surface area contributed by atoms with Crippen LogP contribution in [0.4, 0.5) is 0 Å². The summed E-state index contributed by atoms with van der Waals surface area (Å²) < 4.78 is 12.3. The Bertz CT molecular complexity index is 627. The van der Waals surface area contributed by atoms with Crippen molar-refractivity contribution in [1.29, 1.82) is 0 Å². The fourth-order valence-corrected chi connectivity index (χ4v) is 2.45. The van der Waals surface area contributed by atoms with Gasteiger partial charge in [0.15, 0.2) is 0 Å². The Balaban J connectivity index is 2.11. The van der Waals surface area contributed by atoms with Crippen LogP contribution < -0.4 is 4.74 Å². The highest BCUT2D eigenvalue weighted by Crippen LogP contribution is 2.33. The Morgan fingerprint density at radius 3 is 2.04 bits per heavy atom. The van der Waals surface area contributed by atoms with Crippen molar-refractivity contribution in [3.63, 3.8) is 0 Å². The molecule has 24 heavy (non-hydrogen) atoms. The van der Waals surface area contributed by atoms with E-state index in [0.29, 0.717) is 0 Å². The fourth-order valence-electron chi connectivity index (χ4n) is 2.45. The van der Waals surface area contributed by atoms with Crippen molar-refractivity contribution in [2.45, 2.75) is 53.1 Å². The molecule has 0 bridgehead atoms. The Hall–Kier alpha value is -1.80. The number of hydrogen-bond acceptors (Lipinski definition) is 2. The highest BCUT2D eigenvalue weighted by atomic mass is 16.5. The molecule has 0 N–H and O–H groups in total. The summed E-state index contributed by atoms with van der Waals surface area (Å²) in [7, 11) is 0. The molecule has 0 fully saturated rings. The van der Waals surface area contributed by atoms with E-state index in [1.165, 1.54) is 0 Å². The second-order valence-corrected chi connectivity index (χ2v) is 7.26. The van der Waals surface area contributed by atoms with E-state index in [4.69, 9.17) is 9.47 Å². The molecule has 0 radical (unpaired) electrons. The molecule has 0 spiro atoms. The van der Waals surface area contributed by atoms with Gasteiger partial charge in [-0.05, 0) is 61.9 Å². The van der Waals surface area contributed by atoms with E-state index >= 15 is 0 Å². The lowest BCUT2D eigenvalue weighted by molar-refractivity contribution is -0.0652. The van der Waals surface area contributed by atoms with Gasteiger partial charge < -0.3 is 9.47 Å². The molecule has 0 aromatic heterocycles. The van der Waals surface area contributed by atoms with Gasteiger partial charge in [-0.25, -0.2) is 0 Å². The zero-order valence-electron chi connectivity index (χ0n) is 15.6. The van der Waals surface area contributed by atoms with Gasteiger partial charge in [-0.2, -0.15) is 0 Å². The second-order valence-electron chi connectivity index (χ2n) is 7.26. The number of hydrogen-bond donors (Lipinski definition) is 0. The number of ether oxygens (including phenoxy) is 2. The van der Waals surface area contributed by atoms with Gasteiger partial charge in [0.2, 0.25) is 0 Å². The first-order valence-corrected chi connectivity index (χ1v) is 8.86. The largest absolute Gasteiger partial charge is 0.457 e. The van der Waals surface area contributed by atoms with Crippen LogP contribution in [0, 0.1) is 5.41 Å². The first-order valence-electron chi connectivity index (χ1n) is 8.86. The molecular weight excluding hydrogens is 296 g/mol. The second kappa shape index (κ2) is 7.85. The van der Waals surface area contributed by atoms with E-state index in [1.54, 1.807) is 0 Å². The van der Waals surface area contributed by atoms with Crippen LogP contribution in [0.3, 0.4) is 0 Å². The molecule has 0 aliphatic rings. The molecule has 0 heterocycles. The molecule has 0 atom stereocenters. The van der Waals surface area contributed by atoms with Crippen LogP contribution in [-0.4, -0.2) is 6.61 Å². The van der Waals surface area contributed by atoms with Crippen LogP contribution in [-0.2, 0) is 10.3 Å². The lowest BCUT2D eigenvalue weighted by Gasteiger charge is -2.33. The van der Waals surface area contributed by atoms with E-state index in [1.807, 2.05) is 42.5 Å². The quantitative estimate of drug-likeness (QED) is 0.547. The molecule has 0 amide bonds. The predicted molar refractivity (Wildman–Crippen MR) is 101 cm³/mol. The van der Waals surface area contributed by atoms with E-state index < -0.39 is 0 Å². The maximum absolute atomic E-state index is 6.31. The normalized spacial score (nSPS) is 12.2. The van der Waals surface area contributed by atoms with Crippen LogP contribution in [0.5, 0.6) is 11.5 Å². The Labute approximate surface area is 146 Å². The molecule has 0 saturated carbocycles. The molecule has 0 saturated heterocycles. The van der Waals surface area contributed by atoms with Crippen molar-refractivity contribution in [2.75, 3.05) is 6.61 Å². The minimum atomic E-state index is -0.346. The highest BCUT2D eigenvalue weighted by molar-refractivity contribution is 5.35. The zero-order chi connectivity index (χ0) is 17.6. The van der Waals surface area contributed by atoms with Crippen LogP contribution in [0.25, 0.3) is 0 Å². The molecule has 2 nitrogen and oxygen atoms in total. The van der Waals surface area contributed by atoms with Crippen molar-refractivity contribution >= 4 is 0 Å².